The van der Waals surface area contributed by atoms with Crippen LogP contribution in [-0.4, -0.2) is 18.1 Å². The number of carbonyl (C=O) groups excluding carboxylic acids is 1. The van der Waals surface area contributed by atoms with Crippen LogP contribution in [0.4, 0.5) is 5.69 Å². The molecule has 13 heavy (non-hydrogen) atoms. The summed E-state index contributed by atoms with van der Waals surface area (Å²) in [6.07, 6.45) is 0. The molecule has 1 aromatic rings. The lowest BCUT2D eigenvalue weighted by atomic mass is 10.0. The first-order valence-electron chi connectivity index (χ1n) is 4.21. The molecule has 3 nitrogen and oxygen atoms in total. The lowest BCUT2D eigenvalue weighted by Gasteiger charge is -2.09. The molecule has 3 heteroatoms. The Kier molecular flexibility index (Phi) is 1.55. The van der Waals surface area contributed by atoms with Crippen LogP contribution in [0.3, 0.4) is 0 Å². The minimum atomic E-state index is -0.132. The molecule has 1 aromatic carbocycles. The van der Waals surface area contributed by atoms with Gasteiger partial charge in [-0.1, -0.05) is 0 Å². The lowest BCUT2D eigenvalue weighted by molar-refractivity contribution is -0.118. The molecule has 1 atom stereocenters. The molecule has 1 aliphatic heterocycles. The third kappa shape index (κ3) is 1.00. The smallest absolute Gasteiger partial charge is 0.234 e. The number of benzene rings is 1. The number of hydrogen-bond acceptors (Lipinski definition) is 2. The van der Waals surface area contributed by atoms with Crippen LogP contribution in [0, 0.1) is 0 Å². The number of anilines is 1. The number of amides is 1. The summed E-state index contributed by atoms with van der Waals surface area (Å²) < 4.78 is 0. The van der Waals surface area contributed by atoms with Gasteiger partial charge in [-0.25, -0.2) is 0 Å². The van der Waals surface area contributed by atoms with Crippen LogP contribution in [0.1, 0.15) is 18.4 Å². The van der Waals surface area contributed by atoms with Gasteiger partial charge < -0.3 is 10.0 Å². The van der Waals surface area contributed by atoms with Crippen LogP contribution in [0.5, 0.6) is 5.75 Å². The zero-order valence-corrected chi connectivity index (χ0v) is 7.61. The predicted octanol–water partition coefficient (Wildman–Crippen LogP) is 1.47. The van der Waals surface area contributed by atoms with Gasteiger partial charge in [-0.3, -0.25) is 4.79 Å². The Bertz CT molecular complexity index is 373. The van der Waals surface area contributed by atoms with Crippen molar-refractivity contribution in [1.82, 2.24) is 0 Å². The van der Waals surface area contributed by atoms with Gasteiger partial charge in [0.25, 0.3) is 0 Å². The number of rotatable bonds is 0. The number of carbonyl (C=O) groups is 1. The monoisotopic (exact) mass is 177 g/mol. The summed E-state index contributed by atoms with van der Waals surface area (Å²) in [5, 5.41) is 9.26. The second kappa shape index (κ2) is 2.49. The summed E-state index contributed by atoms with van der Waals surface area (Å²) >= 11 is 0. The van der Waals surface area contributed by atoms with Crippen LogP contribution >= 0.6 is 0 Å². The normalized spacial score (nSPS) is 20.6. The van der Waals surface area contributed by atoms with Crippen molar-refractivity contribution in [2.24, 2.45) is 0 Å². The molecular weight excluding hydrogens is 166 g/mol. The maximum Gasteiger partial charge on any atom is 0.234 e. The zero-order valence-electron chi connectivity index (χ0n) is 7.61. The average Bonchev–Trinajstić information content (AvgIpc) is 2.32. The van der Waals surface area contributed by atoms with Crippen molar-refractivity contribution in [3.05, 3.63) is 23.8 Å². The lowest BCUT2D eigenvalue weighted by Crippen LogP contribution is -2.22. The highest BCUT2D eigenvalue weighted by molar-refractivity contribution is 6.04. The van der Waals surface area contributed by atoms with Gasteiger partial charge in [0.15, 0.2) is 0 Å². The van der Waals surface area contributed by atoms with Gasteiger partial charge in [-0.15, -0.1) is 0 Å². The second-order valence-corrected chi connectivity index (χ2v) is 3.36. The SMILES string of the molecule is C[C@@H]1C(=O)N(C)c2ccc(O)cc21. The van der Waals surface area contributed by atoms with E-state index < -0.39 is 0 Å². The fraction of sp³-hybridized carbons (Fsp3) is 0.300. The highest BCUT2D eigenvalue weighted by Crippen LogP contribution is 2.37. The number of phenols is 1. The molecule has 0 spiro atoms. The highest BCUT2D eigenvalue weighted by Gasteiger charge is 2.31. The Morgan fingerprint density at radius 3 is 2.85 bits per heavy atom. The Balaban J connectivity index is 2.60. The van der Waals surface area contributed by atoms with Gasteiger partial charge in [0, 0.05) is 12.7 Å². The van der Waals surface area contributed by atoms with E-state index in [-0.39, 0.29) is 17.6 Å². The first-order chi connectivity index (χ1) is 6.11. The fourth-order valence-electron chi connectivity index (χ4n) is 1.74. The number of likely N-dealkylation sites (N-methyl/N-ethyl adjacent to an activating group) is 1. The van der Waals surface area contributed by atoms with Crippen molar-refractivity contribution in [2.75, 3.05) is 11.9 Å². The molecule has 0 bridgehead atoms. The number of hydrogen-bond donors (Lipinski definition) is 1. The van der Waals surface area contributed by atoms with E-state index >= 15 is 0 Å². The van der Waals surface area contributed by atoms with Crippen LogP contribution in [0.15, 0.2) is 18.2 Å². The number of aromatic hydroxyl groups is 1. The molecule has 1 aliphatic rings. The minimum absolute atomic E-state index is 0.0839. The summed E-state index contributed by atoms with van der Waals surface area (Å²) in [4.78, 5) is 13.1. The van der Waals surface area contributed by atoms with Gasteiger partial charge >= 0.3 is 0 Å². The molecule has 2 rings (SSSR count). The topological polar surface area (TPSA) is 40.5 Å². The van der Waals surface area contributed by atoms with Crippen LogP contribution < -0.4 is 4.90 Å². The van der Waals surface area contributed by atoms with Gasteiger partial charge in [0.1, 0.15) is 5.75 Å². The molecule has 0 fully saturated rings. The van der Waals surface area contributed by atoms with E-state index in [1.165, 1.54) is 0 Å². The molecule has 68 valence electrons. The Morgan fingerprint density at radius 2 is 2.15 bits per heavy atom. The fourth-order valence-corrected chi connectivity index (χ4v) is 1.74. The third-order valence-electron chi connectivity index (χ3n) is 2.54. The Morgan fingerprint density at radius 1 is 1.46 bits per heavy atom. The van der Waals surface area contributed by atoms with Crippen molar-refractivity contribution >= 4 is 11.6 Å². The molecule has 1 amide bonds. The number of nitrogens with zero attached hydrogens (tertiary/aromatic N) is 1. The third-order valence-corrected chi connectivity index (χ3v) is 2.54. The summed E-state index contributed by atoms with van der Waals surface area (Å²) in [6.45, 7) is 1.85. The molecule has 0 radical (unpaired) electrons. The maximum atomic E-state index is 11.5. The molecule has 0 saturated heterocycles. The zero-order chi connectivity index (χ0) is 9.59. The van der Waals surface area contributed by atoms with E-state index in [0.29, 0.717) is 0 Å². The predicted molar refractivity (Wildman–Crippen MR) is 49.9 cm³/mol. The second-order valence-electron chi connectivity index (χ2n) is 3.36. The molecule has 0 aliphatic carbocycles. The molecular formula is C10H11NO2. The first-order valence-corrected chi connectivity index (χ1v) is 4.21. The van der Waals surface area contributed by atoms with E-state index in [1.807, 2.05) is 6.92 Å². The summed E-state index contributed by atoms with van der Waals surface area (Å²) in [6, 6.07) is 5.02. The van der Waals surface area contributed by atoms with Gasteiger partial charge in [-0.2, -0.15) is 0 Å². The Hall–Kier alpha value is -1.51. The molecule has 0 saturated carbocycles. The van der Waals surface area contributed by atoms with Gasteiger partial charge in [0.05, 0.1) is 5.92 Å². The first kappa shape index (κ1) is 8.10. The average molecular weight is 177 g/mol. The molecule has 0 aromatic heterocycles. The van der Waals surface area contributed by atoms with E-state index in [2.05, 4.69) is 0 Å². The quantitative estimate of drug-likeness (QED) is 0.652. The van der Waals surface area contributed by atoms with E-state index in [4.69, 9.17) is 0 Å². The summed E-state index contributed by atoms with van der Waals surface area (Å²) in [5.41, 5.74) is 1.81. The van der Waals surface area contributed by atoms with E-state index in [9.17, 15) is 9.90 Å². The van der Waals surface area contributed by atoms with E-state index in [1.54, 1.807) is 30.1 Å². The van der Waals surface area contributed by atoms with Crippen LogP contribution in [0.25, 0.3) is 0 Å². The van der Waals surface area contributed by atoms with Crippen molar-refractivity contribution in [3.8, 4) is 5.75 Å². The van der Waals surface area contributed by atoms with Crippen molar-refractivity contribution in [3.63, 3.8) is 0 Å². The molecule has 1 N–H and O–H groups in total. The van der Waals surface area contributed by atoms with Crippen molar-refractivity contribution in [1.29, 1.82) is 0 Å². The molecule has 1 heterocycles. The molecule has 0 unspecified atom stereocenters. The summed E-state index contributed by atoms with van der Waals surface area (Å²) in [5.74, 6) is 0.168. The van der Waals surface area contributed by atoms with Gasteiger partial charge in [0.2, 0.25) is 5.91 Å². The standard InChI is InChI=1S/C10H11NO2/c1-6-8-5-7(12)3-4-9(8)11(2)10(6)13/h3-6,12H,1-2H3/t6-/m0/s1. The van der Waals surface area contributed by atoms with Gasteiger partial charge in [-0.05, 0) is 30.7 Å². The van der Waals surface area contributed by atoms with Crippen molar-refractivity contribution < 1.29 is 9.90 Å². The van der Waals surface area contributed by atoms with E-state index in [0.717, 1.165) is 11.3 Å². The number of phenolic OH excluding ortho intramolecular Hbond substituents is 1. The summed E-state index contributed by atoms with van der Waals surface area (Å²) in [7, 11) is 1.75. The minimum Gasteiger partial charge on any atom is -0.508 e. The van der Waals surface area contributed by atoms with Crippen LogP contribution in [-0.2, 0) is 4.79 Å². The maximum absolute atomic E-state index is 11.5. The number of fused-ring (bicyclic) bond motifs is 1. The Labute approximate surface area is 76.6 Å². The van der Waals surface area contributed by atoms with Crippen LogP contribution in [0.2, 0.25) is 0 Å². The highest BCUT2D eigenvalue weighted by atomic mass is 16.3. The largest absolute Gasteiger partial charge is 0.508 e. The van der Waals surface area contributed by atoms with Crippen molar-refractivity contribution in [2.45, 2.75) is 12.8 Å².